The number of likely N-dealkylation sites (N-methyl/N-ethyl adjacent to an activating group) is 1. The van der Waals surface area contributed by atoms with E-state index in [2.05, 4.69) is 5.48 Å². The molecular weight excluding hydrogens is 396 g/mol. The SMILES string of the molecule is CCN1C(=O)N(O)CCC1C(=O)NOCCOC1CCN(C(=O)OC(C)(C)C)CC1. The molecule has 11 heteroatoms. The predicted octanol–water partition coefficient (Wildman–Crippen LogP) is 1.36. The topological polar surface area (TPSA) is 121 Å². The maximum absolute atomic E-state index is 12.3. The number of nitrogens with zero attached hydrogens (tertiary/aromatic N) is 3. The number of likely N-dealkylation sites (tertiary alicyclic amines) is 1. The summed E-state index contributed by atoms with van der Waals surface area (Å²) in [6.07, 6.45) is 1.44. The molecule has 0 aromatic carbocycles. The second-order valence-corrected chi connectivity index (χ2v) is 8.35. The minimum atomic E-state index is -0.677. The van der Waals surface area contributed by atoms with Crippen molar-refractivity contribution in [1.29, 1.82) is 0 Å². The lowest BCUT2D eigenvalue weighted by Gasteiger charge is -2.36. The van der Waals surface area contributed by atoms with Crippen LogP contribution in [0.5, 0.6) is 0 Å². The molecule has 1 atom stereocenters. The van der Waals surface area contributed by atoms with Crippen LogP contribution in [0.4, 0.5) is 9.59 Å². The van der Waals surface area contributed by atoms with Crippen LogP contribution in [0.1, 0.15) is 47.0 Å². The second-order valence-electron chi connectivity index (χ2n) is 8.35. The number of hydrogen-bond acceptors (Lipinski definition) is 7. The number of urea groups is 1. The molecule has 4 amide bonds. The van der Waals surface area contributed by atoms with E-state index in [9.17, 15) is 19.6 Å². The summed E-state index contributed by atoms with van der Waals surface area (Å²) in [6, 6.07) is -1.27. The van der Waals surface area contributed by atoms with E-state index in [1.807, 2.05) is 20.8 Å². The number of nitrogens with one attached hydrogen (secondary N) is 1. The van der Waals surface area contributed by atoms with Crippen molar-refractivity contribution in [2.45, 2.75) is 64.7 Å². The molecule has 2 aliphatic heterocycles. The number of carbonyl (C=O) groups excluding carboxylic acids is 3. The number of hydroxylamine groups is 3. The van der Waals surface area contributed by atoms with E-state index in [4.69, 9.17) is 14.3 Å². The van der Waals surface area contributed by atoms with Gasteiger partial charge >= 0.3 is 12.1 Å². The summed E-state index contributed by atoms with van der Waals surface area (Å²) in [6.45, 7) is 9.26. The Labute approximate surface area is 177 Å². The van der Waals surface area contributed by atoms with Gasteiger partial charge in [0.2, 0.25) is 0 Å². The van der Waals surface area contributed by atoms with Gasteiger partial charge in [0.25, 0.3) is 5.91 Å². The van der Waals surface area contributed by atoms with Gasteiger partial charge in [-0.25, -0.2) is 20.1 Å². The maximum Gasteiger partial charge on any atom is 0.410 e. The number of ether oxygens (including phenoxy) is 2. The largest absolute Gasteiger partial charge is 0.444 e. The normalized spacial score (nSPS) is 21.0. The molecule has 2 saturated heterocycles. The van der Waals surface area contributed by atoms with Gasteiger partial charge in [-0.2, -0.15) is 0 Å². The van der Waals surface area contributed by atoms with Gasteiger partial charge in [0.05, 0.1) is 25.9 Å². The lowest BCUT2D eigenvalue weighted by Crippen LogP contribution is -2.58. The highest BCUT2D eigenvalue weighted by Gasteiger charge is 2.36. The molecule has 2 rings (SSSR count). The summed E-state index contributed by atoms with van der Waals surface area (Å²) >= 11 is 0. The zero-order valence-corrected chi connectivity index (χ0v) is 18.3. The Balaban J connectivity index is 1.61. The van der Waals surface area contributed by atoms with Crippen LogP contribution in [0.25, 0.3) is 0 Å². The van der Waals surface area contributed by atoms with Gasteiger partial charge in [0, 0.05) is 19.6 Å². The van der Waals surface area contributed by atoms with Crippen molar-refractivity contribution < 1.29 is 33.9 Å². The highest BCUT2D eigenvalue weighted by Crippen LogP contribution is 2.17. The summed E-state index contributed by atoms with van der Waals surface area (Å²) in [5.74, 6) is -0.427. The molecule has 172 valence electrons. The third kappa shape index (κ3) is 6.99. The fourth-order valence-corrected chi connectivity index (χ4v) is 3.38. The van der Waals surface area contributed by atoms with Crippen molar-refractivity contribution in [1.82, 2.24) is 20.3 Å². The molecule has 30 heavy (non-hydrogen) atoms. The third-order valence-corrected chi connectivity index (χ3v) is 4.91. The number of amides is 4. The Kier molecular flexibility index (Phi) is 8.68. The maximum atomic E-state index is 12.3. The first kappa shape index (κ1) is 24.2. The summed E-state index contributed by atoms with van der Waals surface area (Å²) in [5.41, 5.74) is 1.84. The molecule has 1 unspecified atom stereocenters. The average molecular weight is 431 g/mol. The molecule has 0 aliphatic carbocycles. The minimum absolute atomic E-state index is 0.0186. The van der Waals surface area contributed by atoms with Crippen molar-refractivity contribution in [3.8, 4) is 0 Å². The van der Waals surface area contributed by atoms with Crippen LogP contribution in [0.3, 0.4) is 0 Å². The Morgan fingerprint density at radius 3 is 2.40 bits per heavy atom. The fourth-order valence-electron chi connectivity index (χ4n) is 3.38. The average Bonchev–Trinajstić information content (AvgIpc) is 2.68. The molecule has 0 aromatic rings. The number of piperidine rings is 1. The molecule has 2 fully saturated rings. The van der Waals surface area contributed by atoms with Crippen molar-refractivity contribution >= 4 is 18.0 Å². The van der Waals surface area contributed by atoms with Gasteiger partial charge in [-0.3, -0.25) is 14.8 Å². The van der Waals surface area contributed by atoms with Crippen LogP contribution in [-0.2, 0) is 19.1 Å². The van der Waals surface area contributed by atoms with E-state index in [0.29, 0.717) is 50.6 Å². The van der Waals surface area contributed by atoms with Crippen molar-refractivity contribution in [3.63, 3.8) is 0 Å². The molecule has 0 saturated carbocycles. The molecule has 2 heterocycles. The second kappa shape index (κ2) is 10.8. The van der Waals surface area contributed by atoms with Gasteiger partial charge in [-0.15, -0.1) is 0 Å². The van der Waals surface area contributed by atoms with Crippen LogP contribution in [0.15, 0.2) is 0 Å². The molecule has 0 bridgehead atoms. The lowest BCUT2D eigenvalue weighted by molar-refractivity contribution is -0.145. The third-order valence-electron chi connectivity index (χ3n) is 4.91. The van der Waals surface area contributed by atoms with Gasteiger partial charge in [-0.05, 0) is 47.0 Å². The smallest absolute Gasteiger partial charge is 0.410 e. The first-order chi connectivity index (χ1) is 14.1. The summed E-state index contributed by atoms with van der Waals surface area (Å²) in [4.78, 5) is 44.4. The summed E-state index contributed by atoms with van der Waals surface area (Å²) in [5, 5.41) is 10.1. The quantitative estimate of drug-likeness (QED) is 0.355. The Hall–Kier alpha value is -2.11. The zero-order valence-electron chi connectivity index (χ0n) is 18.3. The number of hydrogen-bond donors (Lipinski definition) is 2. The van der Waals surface area contributed by atoms with E-state index in [0.717, 1.165) is 0 Å². The fraction of sp³-hybridized carbons (Fsp3) is 0.842. The molecule has 11 nitrogen and oxygen atoms in total. The van der Waals surface area contributed by atoms with Crippen LogP contribution in [-0.4, -0.2) is 95.2 Å². The Morgan fingerprint density at radius 1 is 1.13 bits per heavy atom. The molecule has 0 spiro atoms. The van der Waals surface area contributed by atoms with E-state index in [-0.39, 0.29) is 25.3 Å². The van der Waals surface area contributed by atoms with E-state index in [1.165, 1.54) is 4.90 Å². The lowest BCUT2D eigenvalue weighted by atomic mass is 10.1. The van der Waals surface area contributed by atoms with E-state index >= 15 is 0 Å². The van der Waals surface area contributed by atoms with Crippen LogP contribution in [0, 0.1) is 0 Å². The number of carbonyl (C=O) groups is 3. The standard InChI is InChI=1S/C19H34N4O7/c1-5-22-15(8-11-23(27)17(22)25)16(24)20-29-13-12-28-14-6-9-21(10-7-14)18(26)30-19(2,3)4/h14-15,27H,5-13H2,1-4H3,(H,20,24). The number of rotatable bonds is 7. The van der Waals surface area contributed by atoms with Gasteiger partial charge < -0.3 is 19.3 Å². The molecule has 2 N–H and O–H groups in total. The summed E-state index contributed by atoms with van der Waals surface area (Å²) in [7, 11) is 0. The van der Waals surface area contributed by atoms with Crippen molar-refractivity contribution in [2.75, 3.05) is 39.4 Å². The van der Waals surface area contributed by atoms with Gasteiger partial charge in [0.15, 0.2) is 0 Å². The van der Waals surface area contributed by atoms with E-state index < -0.39 is 23.6 Å². The Morgan fingerprint density at radius 2 is 1.80 bits per heavy atom. The van der Waals surface area contributed by atoms with Crippen molar-refractivity contribution in [2.24, 2.45) is 0 Å². The minimum Gasteiger partial charge on any atom is -0.444 e. The molecule has 2 aliphatic rings. The molecule has 0 aromatic heterocycles. The van der Waals surface area contributed by atoms with Crippen LogP contribution < -0.4 is 5.48 Å². The molecular formula is C19H34N4O7. The Bertz CT molecular complexity index is 602. The van der Waals surface area contributed by atoms with Crippen molar-refractivity contribution in [3.05, 3.63) is 0 Å². The van der Waals surface area contributed by atoms with Crippen LogP contribution >= 0.6 is 0 Å². The monoisotopic (exact) mass is 430 g/mol. The van der Waals surface area contributed by atoms with Gasteiger partial charge in [-0.1, -0.05) is 0 Å². The first-order valence-electron chi connectivity index (χ1n) is 10.4. The first-order valence-corrected chi connectivity index (χ1v) is 10.4. The van der Waals surface area contributed by atoms with E-state index in [1.54, 1.807) is 11.8 Å². The highest BCUT2D eigenvalue weighted by molar-refractivity contribution is 5.87. The van der Waals surface area contributed by atoms with Gasteiger partial charge in [0.1, 0.15) is 11.6 Å². The highest BCUT2D eigenvalue weighted by atomic mass is 16.7. The summed E-state index contributed by atoms with van der Waals surface area (Å²) < 4.78 is 11.1. The zero-order chi connectivity index (χ0) is 22.3. The predicted molar refractivity (Wildman–Crippen MR) is 106 cm³/mol. The molecule has 0 radical (unpaired) electrons. The van der Waals surface area contributed by atoms with Crippen LogP contribution in [0.2, 0.25) is 0 Å².